The van der Waals surface area contributed by atoms with E-state index in [9.17, 15) is 0 Å². The molecular formula is C10H14N4. The van der Waals surface area contributed by atoms with Crippen LogP contribution >= 0.6 is 0 Å². The smallest absolute Gasteiger partial charge is 0.168 e. The van der Waals surface area contributed by atoms with Gasteiger partial charge in [-0.1, -0.05) is 30.9 Å². The summed E-state index contributed by atoms with van der Waals surface area (Å²) in [7, 11) is 1.91. The van der Waals surface area contributed by atoms with Gasteiger partial charge in [-0.15, -0.1) is 10.6 Å². The van der Waals surface area contributed by atoms with E-state index in [1.807, 2.05) is 12.1 Å². The highest BCUT2D eigenvalue weighted by molar-refractivity contribution is 5.98. The Hall–Kier alpha value is -1.55. The standard InChI is InChI=1S/C10H14N4/c1-8(9-6-4-3-5-7-9)10-11-12-13-14(10)2/h3-6,9,12-13H,1,7H2,2H3. The first-order chi connectivity index (χ1) is 6.79. The second-order valence-corrected chi connectivity index (χ2v) is 3.40. The Morgan fingerprint density at radius 2 is 2.50 bits per heavy atom. The van der Waals surface area contributed by atoms with Crippen molar-refractivity contribution in [2.45, 2.75) is 6.42 Å². The van der Waals surface area contributed by atoms with E-state index in [0.717, 1.165) is 17.8 Å². The summed E-state index contributed by atoms with van der Waals surface area (Å²) in [6, 6.07) is 0. The first-order valence-corrected chi connectivity index (χ1v) is 4.63. The highest BCUT2D eigenvalue weighted by Crippen LogP contribution is 2.21. The van der Waals surface area contributed by atoms with Crippen molar-refractivity contribution in [3.05, 3.63) is 36.5 Å². The molecule has 1 heterocycles. The minimum absolute atomic E-state index is 0.364. The molecule has 0 bridgehead atoms. The first-order valence-electron chi connectivity index (χ1n) is 4.63. The minimum Gasteiger partial charge on any atom is -0.275 e. The molecule has 0 fully saturated rings. The Balaban J connectivity index is 2.08. The first kappa shape index (κ1) is 9.02. The largest absolute Gasteiger partial charge is 0.275 e. The molecule has 4 nitrogen and oxygen atoms in total. The average molecular weight is 190 g/mol. The number of hydrogen-bond donors (Lipinski definition) is 2. The van der Waals surface area contributed by atoms with Crippen LogP contribution in [0, 0.1) is 5.92 Å². The lowest BCUT2D eigenvalue weighted by Crippen LogP contribution is -2.38. The van der Waals surface area contributed by atoms with E-state index in [1.54, 1.807) is 0 Å². The molecule has 0 saturated heterocycles. The van der Waals surface area contributed by atoms with Crippen LogP contribution in [0.1, 0.15) is 6.42 Å². The molecule has 1 aliphatic carbocycles. The molecule has 0 saturated carbocycles. The third-order valence-electron chi connectivity index (χ3n) is 2.41. The van der Waals surface area contributed by atoms with E-state index in [2.05, 4.69) is 47.1 Å². The van der Waals surface area contributed by atoms with Crippen LogP contribution in [0.2, 0.25) is 0 Å². The van der Waals surface area contributed by atoms with Crippen LogP contribution in [0.5, 0.6) is 0 Å². The Morgan fingerprint density at radius 3 is 3.07 bits per heavy atom. The van der Waals surface area contributed by atoms with Gasteiger partial charge in [0.1, 0.15) is 0 Å². The maximum Gasteiger partial charge on any atom is 0.168 e. The molecule has 2 N–H and O–H groups in total. The molecular weight excluding hydrogens is 176 g/mol. The normalized spacial score (nSPS) is 24.8. The SMILES string of the molecule is C=C(C1=NNNN1C)C1C=CC=CC1. The van der Waals surface area contributed by atoms with Crippen molar-refractivity contribution < 1.29 is 0 Å². The van der Waals surface area contributed by atoms with Crippen LogP contribution in [0.25, 0.3) is 0 Å². The molecule has 0 aromatic carbocycles. The fourth-order valence-electron chi connectivity index (χ4n) is 1.57. The summed E-state index contributed by atoms with van der Waals surface area (Å²) < 4.78 is 0. The second-order valence-electron chi connectivity index (χ2n) is 3.40. The number of rotatable bonds is 2. The van der Waals surface area contributed by atoms with Crippen molar-refractivity contribution in [2.24, 2.45) is 11.0 Å². The lowest BCUT2D eigenvalue weighted by atomic mass is 9.92. The lowest BCUT2D eigenvalue weighted by Gasteiger charge is -2.19. The lowest BCUT2D eigenvalue weighted by molar-refractivity contribution is 0.347. The molecule has 0 aromatic rings. The molecule has 14 heavy (non-hydrogen) atoms. The fourth-order valence-corrected chi connectivity index (χ4v) is 1.57. The summed E-state index contributed by atoms with van der Waals surface area (Å²) in [4.78, 5) is 0. The van der Waals surface area contributed by atoms with Crippen molar-refractivity contribution in [3.63, 3.8) is 0 Å². The van der Waals surface area contributed by atoms with Gasteiger partial charge >= 0.3 is 0 Å². The summed E-state index contributed by atoms with van der Waals surface area (Å²) >= 11 is 0. The fraction of sp³-hybridized carbons (Fsp3) is 0.300. The van der Waals surface area contributed by atoms with Crippen molar-refractivity contribution >= 4 is 5.84 Å². The van der Waals surface area contributed by atoms with Crippen LogP contribution in [0.4, 0.5) is 0 Å². The zero-order valence-electron chi connectivity index (χ0n) is 8.20. The van der Waals surface area contributed by atoms with Crippen molar-refractivity contribution in [1.29, 1.82) is 0 Å². The van der Waals surface area contributed by atoms with Crippen LogP contribution < -0.4 is 11.1 Å². The molecule has 2 aliphatic rings. The summed E-state index contributed by atoms with van der Waals surface area (Å²) in [6.45, 7) is 4.07. The van der Waals surface area contributed by atoms with E-state index in [1.165, 1.54) is 0 Å². The van der Waals surface area contributed by atoms with Gasteiger partial charge in [-0.2, -0.15) is 0 Å². The van der Waals surface area contributed by atoms with Gasteiger partial charge in [-0.25, -0.2) is 5.53 Å². The molecule has 4 heteroatoms. The third-order valence-corrected chi connectivity index (χ3v) is 2.41. The summed E-state index contributed by atoms with van der Waals surface area (Å²) in [5.41, 5.74) is 6.60. The van der Waals surface area contributed by atoms with Crippen LogP contribution in [0.15, 0.2) is 41.6 Å². The van der Waals surface area contributed by atoms with Gasteiger partial charge in [0.05, 0.1) is 0 Å². The number of likely N-dealkylation sites (N-methyl/N-ethyl adjacent to an activating group) is 1. The van der Waals surface area contributed by atoms with E-state index in [-0.39, 0.29) is 0 Å². The molecule has 1 unspecified atom stereocenters. The maximum absolute atomic E-state index is 4.12. The number of nitrogens with one attached hydrogen (secondary N) is 2. The van der Waals surface area contributed by atoms with Gasteiger partial charge in [0.15, 0.2) is 5.84 Å². The summed E-state index contributed by atoms with van der Waals surface area (Å²) in [6.07, 6.45) is 9.40. The van der Waals surface area contributed by atoms with Crippen molar-refractivity contribution in [3.8, 4) is 0 Å². The van der Waals surface area contributed by atoms with E-state index in [4.69, 9.17) is 0 Å². The van der Waals surface area contributed by atoms with E-state index >= 15 is 0 Å². The van der Waals surface area contributed by atoms with Gasteiger partial charge in [0.2, 0.25) is 0 Å². The number of hydrazone groups is 1. The molecule has 1 atom stereocenters. The zero-order valence-corrected chi connectivity index (χ0v) is 8.20. The molecule has 0 amide bonds. The third kappa shape index (κ3) is 1.56. The molecule has 0 aromatic heterocycles. The summed E-state index contributed by atoms with van der Waals surface area (Å²) in [5, 5.41) is 5.94. The number of amidine groups is 1. The monoisotopic (exact) mass is 190 g/mol. The van der Waals surface area contributed by atoms with Crippen LogP contribution in [-0.2, 0) is 0 Å². The Labute approximate surface area is 83.6 Å². The highest BCUT2D eigenvalue weighted by atomic mass is 15.8. The number of hydrazine groups is 2. The quantitative estimate of drug-likeness (QED) is 0.681. The van der Waals surface area contributed by atoms with Gasteiger partial charge in [0.25, 0.3) is 0 Å². The Bertz CT molecular complexity index is 327. The van der Waals surface area contributed by atoms with E-state index in [0.29, 0.717) is 5.92 Å². The van der Waals surface area contributed by atoms with Crippen LogP contribution in [0.3, 0.4) is 0 Å². The second kappa shape index (κ2) is 3.67. The predicted molar refractivity (Wildman–Crippen MR) is 57.0 cm³/mol. The zero-order chi connectivity index (χ0) is 9.97. The van der Waals surface area contributed by atoms with Crippen molar-refractivity contribution in [1.82, 2.24) is 16.1 Å². The maximum atomic E-state index is 4.12. The average Bonchev–Trinajstić information content (AvgIpc) is 2.65. The van der Waals surface area contributed by atoms with Gasteiger partial charge < -0.3 is 0 Å². The number of allylic oxidation sites excluding steroid dienone is 4. The molecule has 1 aliphatic heterocycles. The molecule has 0 radical (unpaired) electrons. The Morgan fingerprint density at radius 1 is 1.64 bits per heavy atom. The highest BCUT2D eigenvalue weighted by Gasteiger charge is 2.21. The minimum atomic E-state index is 0.364. The predicted octanol–water partition coefficient (Wildman–Crippen LogP) is 0.943. The molecule has 74 valence electrons. The summed E-state index contributed by atoms with van der Waals surface area (Å²) in [5.74, 6) is 1.23. The number of nitrogens with zero attached hydrogens (tertiary/aromatic N) is 2. The Kier molecular flexibility index (Phi) is 2.37. The number of hydrogen-bond acceptors (Lipinski definition) is 4. The van der Waals surface area contributed by atoms with E-state index < -0.39 is 0 Å². The van der Waals surface area contributed by atoms with Gasteiger partial charge in [-0.3, -0.25) is 5.01 Å². The molecule has 0 spiro atoms. The molecule has 2 rings (SSSR count). The topological polar surface area (TPSA) is 39.7 Å². The van der Waals surface area contributed by atoms with Crippen molar-refractivity contribution in [2.75, 3.05) is 7.05 Å². The van der Waals surface area contributed by atoms with Crippen LogP contribution in [-0.4, -0.2) is 17.9 Å². The van der Waals surface area contributed by atoms with Gasteiger partial charge in [0, 0.05) is 13.0 Å². The van der Waals surface area contributed by atoms with Gasteiger partial charge in [-0.05, 0) is 12.0 Å².